The van der Waals surface area contributed by atoms with E-state index in [4.69, 9.17) is 0 Å². The average Bonchev–Trinajstić information content (AvgIpc) is 3.15. The van der Waals surface area contributed by atoms with Crippen molar-refractivity contribution in [1.82, 2.24) is 25.0 Å². The molecule has 31 heavy (non-hydrogen) atoms. The van der Waals surface area contributed by atoms with E-state index in [0.717, 1.165) is 5.56 Å². The van der Waals surface area contributed by atoms with Gasteiger partial charge in [0.25, 0.3) is 5.56 Å². The van der Waals surface area contributed by atoms with Gasteiger partial charge in [0.15, 0.2) is 11.2 Å². The maximum absolute atomic E-state index is 13.6. The van der Waals surface area contributed by atoms with Crippen molar-refractivity contribution >= 4 is 34.5 Å². The normalized spacial score (nSPS) is 11.0. The Labute approximate surface area is 178 Å². The monoisotopic (exact) mass is 442 g/mol. The largest absolute Gasteiger partial charge is 0.323 e. The van der Waals surface area contributed by atoms with Crippen LogP contribution < -0.4 is 10.9 Å². The molecule has 1 amide bonds. The van der Waals surface area contributed by atoms with E-state index in [-0.39, 0.29) is 41.0 Å². The summed E-state index contributed by atoms with van der Waals surface area (Å²) in [4.78, 5) is 31.4. The summed E-state index contributed by atoms with van der Waals surface area (Å²) in [6.07, 6.45) is 0. The molecule has 8 nitrogen and oxygen atoms in total. The molecule has 2 aromatic carbocycles. The number of para-hydroxylation sites is 1. The molecule has 0 radical (unpaired) electrons. The summed E-state index contributed by atoms with van der Waals surface area (Å²) < 4.78 is 28.2. The van der Waals surface area contributed by atoms with Gasteiger partial charge in [0.2, 0.25) is 5.91 Å². The van der Waals surface area contributed by atoms with Gasteiger partial charge in [-0.25, -0.2) is 18.4 Å². The van der Waals surface area contributed by atoms with E-state index in [1.807, 2.05) is 0 Å². The number of anilines is 1. The molecular formula is C20H16F2N6O2S. The minimum Gasteiger partial charge on any atom is -0.323 e. The Hall–Kier alpha value is -3.60. The first-order valence-corrected chi connectivity index (χ1v) is 10.3. The number of carbonyl (C=O) groups is 1. The maximum atomic E-state index is 13.6. The van der Waals surface area contributed by atoms with Crippen molar-refractivity contribution in [2.24, 2.45) is 0 Å². The van der Waals surface area contributed by atoms with Crippen LogP contribution in [0.25, 0.3) is 11.2 Å². The number of benzene rings is 2. The molecule has 0 aliphatic carbocycles. The Balaban J connectivity index is 1.43. The molecule has 2 N–H and O–H groups in total. The second kappa shape index (κ2) is 9.04. The highest BCUT2D eigenvalue weighted by atomic mass is 32.2. The van der Waals surface area contributed by atoms with Crippen molar-refractivity contribution in [2.75, 3.05) is 11.1 Å². The summed E-state index contributed by atoms with van der Waals surface area (Å²) in [6, 6.07) is 11.8. The average molecular weight is 442 g/mol. The third-order valence-electron chi connectivity index (χ3n) is 4.29. The fourth-order valence-corrected chi connectivity index (χ4v) is 3.53. The number of H-pyrrole nitrogens is 1. The zero-order chi connectivity index (χ0) is 21.8. The van der Waals surface area contributed by atoms with E-state index in [0.29, 0.717) is 11.5 Å². The number of hydrogen-bond acceptors (Lipinski definition) is 6. The van der Waals surface area contributed by atoms with Crippen molar-refractivity contribution in [3.8, 4) is 0 Å². The molecule has 2 aromatic heterocycles. The van der Waals surface area contributed by atoms with Crippen molar-refractivity contribution in [2.45, 2.75) is 12.3 Å². The molecule has 0 aliphatic rings. The van der Waals surface area contributed by atoms with Gasteiger partial charge in [-0.2, -0.15) is 0 Å². The standard InChI is InChI=1S/C20H16F2N6O2S/c21-13-7-5-12(6-8-13)9-28-19-18(26-27-28)20(30)25-16(24-19)10-31-11-17(29)23-15-4-2-1-3-14(15)22/h1-8H,9-11H2,(H,23,29)(H,24,25,30). The number of aromatic nitrogens is 5. The van der Waals surface area contributed by atoms with Crippen molar-refractivity contribution < 1.29 is 13.6 Å². The van der Waals surface area contributed by atoms with Gasteiger partial charge in [-0.15, -0.1) is 16.9 Å². The lowest BCUT2D eigenvalue weighted by Crippen LogP contribution is -2.16. The SMILES string of the molecule is O=C(CSCc1nc2c(nnn2Cc2ccc(F)cc2)c(=O)[nH]1)Nc1ccccc1F. The van der Waals surface area contributed by atoms with Gasteiger partial charge in [-0.1, -0.05) is 29.5 Å². The first-order chi connectivity index (χ1) is 15.0. The van der Waals surface area contributed by atoms with Crippen LogP contribution in [0.2, 0.25) is 0 Å². The second-order valence-corrected chi connectivity index (χ2v) is 7.56. The minimum absolute atomic E-state index is 0.0448. The molecule has 158 valence electrons. The third kappa shape index (κ3) is 4.94. The van der Waals surface area contributed by atoms with E-state index < -0.39 is 11.4 Å². The Morgan fingerprint density at radius 2 is 1.90 bits per heavy atom. The van der Waals surface area contributed by atoms with Crippen molar-refractivity contribution in [3.05, 3.63) is 81.9 Å². The smallest absolute Gasteiger partial charge is 0.281 e. The topological polar surface area (TPSA) is 106 Å². The Morgan fingerprint density at radius 3 is 2.68 bits per heavy atom. The molecule has 0 saturated carbocycles. The van der Waals surface area contributed by atoms with E-state index in [1.165, 1.54) is 46.8 Å². The van der Waals surface area contributed by atoms with Gasteiger partial charge >= 0.3 is 0 Å². The molecule has 11 heteroatoms. The number of aromatic amines is 1. The van der Waals surface area contributed by atoms with Gasteiger partial charge < -0.3 is 10.3 Å². The fraction of sp³-hybridized carbons (Fsp3) is 0.150. The zero-order valence-electron chi connectivity index (χ0n) is 16.0. The third-order valence-corrected chi connectivity index (χ3v) is 5.23. The molecule has 0 aliphatic heterocycles. The number of carbonyl (C=O) groups excluding carboxylic acids is 1. The molecule has 0 spiro atoms. The van der Waals surface area contributed by atoms with Crippen LogP contribution in [-0.4, -0.2) is 36.6 Å². The summed E-state index contributed by atoms with van der Waals surface area (Å²) >= 11 is 1.21. The van der Waals surface area contributed by atoms with E-state index >= 15 is 0 Å². The van der Waals surface area contributed by atoms with Gasteiger partial charge in [-0.05, 0) is 29.8 Å². The predicted octanol–water partition coefficient (Wildman–Crippen LogP) is 2.71. The number of thioether (sulfide) groups is 1. The second-order valence-electron chi connectivity index (χ2n) is 6.58. The predicted molar refractivity (Wildman–Crippen MR) is 113 cm³/mol. The molecule has 0 unspecified atom stereocenters. The first kappa shape index (κ1) is 20.7. The molecular weight excluding hydrogens is 426 g/mol. The number of nitrogens with zero attached hydrogens (tertiary/aromatic N) is 4. The van der Waals surface area contributed by atoms with Crippen molar-refractivity contribution in [1.29, 1.82) is 0 Å². The van der Waals surface area contributed by atoms with Crippen LogP contribution in [0, 0.1) is 11.6 Å². The maximum Gasteiger partial charge on any atom is 0.281 e. The number of rotatable bonds is 7. The van der Waals surface area contributed by atoms with Gasteiger partial charge in [0.05, 0.1) is 23.7 Å². The van der Waals surface area contributed by atoms with E-state index in [9.17, 15) is 18.4 Å². The van der Waals surface area contributed by atoms with Crippen LogP contribution in [-0.2, 0) is 17.1 Å². The van der Waals surface area contributed by atoms with Crippen LogP contribution in [0.1, 0.15) is 11.4 Å². The van der Waals surface area contributed by atoms with Gasteiger partial charge in [0.1, 0.15) is 17.5 Å². The van der Waals surface area contributed by atoms with Crippen LogP contribution in [0.3, 0.4) is 0 Å². The van der Waals surface area contributed by atoms with E-state index in [2.05, 4.69) is 25.6 Å². The number of fused-ring (bicyclic) bond motifs is 1. The van der Waals surface area contributed by atoms with Crippen LogP contribution >= 0.6 is 11.8 Å². The quantitative estimate of drug-likeness (QED) is 0.456. The summed E-state index contributed by atoms with van der Waals surface area (Å²) in [5, 5.41) is 10.3. The summed E-state index contributed by atoms with van der Waals surface area (Å²) in [5.41, 5.74) is 0.822. The molecule has 0 fully saturated rings. The Morgan fingerprint density at radius 1 is 1.13 bits per heavy atom. The Kier molecular flexibility index (Phi) is 6.03. The zero-order valence-corrected chi connectivity index (χ0v) is 16.8. The number of amides is 1. The summed E-state index contributed by atoms with van der Waals surface area (Å²) in [7, 11) is 0. The Bertz CT molecular complexity index is 1290. The highest BCUT2D eigenvalue weighted by Crippen LogP contribution is 2.15. The highest BCUT2D eigenvalue weighted by Gasteiger charge is 2.13. The molecule has 2 heterocycles. The summed E-state index contributed by atoms with van der Waals surface area (Å²) in [5.74, 6) is -0.592. The molecule has 4 rings (SSSR count). The number of nitrogens with one attached hydrogen (secondary N) is 2. The lowest BCUT2D eigenvalue weighted by molar-refractivity contribution is -0.113. The number of hydrogen-bond donors (Lipinski definition) is 2. The molecule has 4 aromatic rings. The van der Waals surface area contributed by atoms with Gasteiger partial charge in [-0.3, -0.25) is 9.59 Å². The van der Waals surface area contributed by atoms with Gasteiger partial charge in [0, 0.05) is 0 Å². The lowest BCUT2D eigenvalue weighted by Gasteiger charge is -2.06. The van der Waals surface area contributed by atoms with Crippen molar-refractivity contribution in [3.63, 3.8) is 0 Å². The van der Waals surface area contributed by atoms with Crippen LogP contribution in [0.15, 0.2) is 53.3 Å². The highest BCUT2D eigenvalue weighted by molar-refractivity contribution is 7.99. The van der Waals surface area contributed by atoms with E-state index in [1.54, 1.807) is 18.2 Å². The lowest BCUT2D eigenvalue weighted by atomic mass is 10.2. The number of halogens is 2. The molecule has 0 atom stereocenters. The molecule has 0 bridgehead atoms. The molecule has 0 saturated heterocycles. The summed E-state index contributed by atoms with van der Waals surface area (Å²) in [6.45, 7) is 0.269. The van der Waals surface area contributed by atoms with Crippen LogP contribution in [0.5, 0.6) is 0 Å². The fourth-order valence-electron chi connectivity index (χ4n) is 2.84. The first-order valence-electron chi connectivity index (χ1n) is 9.18. The minimum atomic E-state index is -0.515. The van der Waals surface area contributed by atoms with Crippen LogP contribution in [0.4, 0.5) is 14.5 Å².